The number of amides is 5. The summed E-state index contributed by atoms with van der Waals surface area (Å²) < 4.78 is 10.5. The third-order valence-electron chi connectivity index (χ3n) is 4.88. The zero-order valence-electron chi connectivity index (χ0n) is 18.5. The van der Waals surface area contributed by atoms with Crippen molar-refractivity contribution in [2.24, 2.45) is 5.73 Å². The highest BCUT2D eigenvalue weighted by molar-refractivity contribution is 6.22. The minimum atomic E-state index is -1.83. The van der Waals surface area contributed by atoms with Crippen molar-refractivity contribution in [1.29, 1.82) is 0 Å². The first-order chi connectivity index (χ1) is 15.6. The third-order valence-corrected chi connectivity index (χ3v) is 4.88. The van der Waals surface area contributed by atoms with Gasteiger partial charge in [-0.25, -0.2) is 14.4 Å². The smallest absolute Gasteiger partial charge is 0.450 e. The number of benzene rings is 1. The van der Waals surface area contributed by atoms with Crippen LogP contribution in [0.3, 0.4) is 0 Å². The molecule has 2 rings (SSSR count). The van der Waals surface area contributed by atoms with Crippen LogP contribution in [0.15, 0.2) is 30.3 Å². The van der Waals surface area contributed by atoms with Gasteiger partial charge in [-0.2, -0.15) is 0 Å². The number of imide groups is 2. The van der Waals surface area contributed by atoms with E-state index in [1.807, 2.05) is 6.92 Å². The topological polar surface area (TPSA) is 186 Å². The normalized spacial score (nSPS) is 18.6. The molecule has 1 fully saturated rings. The fourth-order valence-corrected chi connectivity index (χ4v) is 3.30. The fraction of sp³-hybridized carbons (Fsp3) is 0.476. The van der Waals surface area contributed by atoms with Crippen LogP contribution < -0.4 is 11.1 Å². The molecule has 1 aromatic rings. The van der Waals surface area contributed by atoms with E-state index in [2.05, 4.69) is 5.32 Å². The lowest BCUT2D eigenvalue weighted by Crippen LogP contribution is -2.67. The molecule has 5 amide bonds. The van der Waals surface area contributed by atoms with Crippen molar-refractivity contribution in [1.82, 2.24) is 10.2 Å². The van der Waals surface area contributed by atoms with Crippen LogP contribution in [-0.4, -0.2) is 71.1 Å². The van der Waals surface area contributed by atoms with E-state index in [9.17, 15) is 19.2 Å². The summed E-state index contributed by atoms with van der Waals surface area (Å²) in [7, 11) is 0. The van der Waals surface area contributed by atoms with Crippen molar-refractivity contribution in [3.05, 3.63) is 35.9 Å². The highest BCUT2D eigenvalue weighted by Crippen LogP contribution is 2.33. The molecule has 182 valence electrons. The van der Waals surface area contributed by atoms with Gasteiger partial charge in [0.05, 0.1) is 13.2 Å². The van der Waals surface area contributed by atoms with Gasteiger partial charge in [-0.15, -0.1) is 0 Å². The molecule has 12 nitrogen and oxygen atoms in total. The number of nitrogens with two attached hydrogens (primary N) is 1. The Labute approximate surface area is 190 Å². The summed E-state index contributed by atoms with van der Waals surface area (Å²) in [6.45, 7) is 3.84. The van der Waals surface area contributed by atoms with Crippen LogP contribution in [0.5, 0.6) is 0 Å². The molecule has 12 heteroatoms. The minimum absolute atomic E-state index is 0.0294. The summed E-state index contributed by atoms with van der Waals surface area (Å²) in [5, 5.41) is 16.2. The number of carbonyl (C=O) groups is 5. The minimum Gasteiger partial charge on any atom is -0.450 e. The first-order valence-corrected chi connectivity index (χ1v) is 10.3. The first-order valence-electron chi connectivity index (χ1n) is 10.3. The molecule has 1 aliphatic heterocycles. The average Bonchev–Trinajstić information content (AvgIpc) is 2.74. The predicted molar refractivity (Wildman–Crippen MR) is 114 cm³/mol. The number of nitrogens with one attached hydrogen (secondary N) is 1. The SMILES string of the molecule is CCCCOCC(CN1C(=O)NC(=O)C(CC)(c2ccccc2)C1=O)OC(N)=O.O=C(O)O. The molecule has 1 aliphatic rings. The molecule has 0 bridgehead atoms. The number of unbranched alkanes of at least 4 members (excludes halogenated alkanes) is 1. The van der Waals surface area contributed by atoms with Gasteiger partial charge in [0, 0.05) is 6.61 Å². The van der Waals surface area contributed by atoms with Crippen LogP contribution in [-0.2, 0) is 24.5 Å². The van der Waals surface area contributed by atoms with Gasteiger partial charge in [0.15, 0.2) is 5.41 Å². The molecule has 0 aromatic heterocycles. The quantitative estimate of drug-likeness (QED) is 0.294. The van der Waals surface area contributed by atoms with Gasteiger partial charge < -0.3 is 25.4 Å². The second-order valence-corrected chi connectivity index (χ2v) is 7.07. The lowest BCUT2D eigenvalue weighted by molar-refractivity contribution is -0.146. The number of carboxylic acid groups (broad SMARTS) is 2. The molecule has 5 N–H and O–H groups in total. The van der Waals surface area contributed by atoms with Crippen molar-refractivity contribution in [3.8, 4) is 0 Å². The summed E-state index contributed by atoms with van der Waals surface area (Å²) in [5.41, 5.74) is 4.05. The van der Waals surface area contributed by atoms with E-state index < -0.39 is 41.6 Å². The maximum Gasteiger partial charge on any atom is 0.503 e. The van der Waals surface area contributed by atoms with Gasteiger partial charge in [-0.05, 0) is 18.4 Å². The lowest BCUT2D eigenvalue weighted by atomic mass is 9.74. The molecule has 2 unspecified atom stereocenters. The van der Waals surface area contributed by atoms with Crippen LogP contribution in [0.4, 0.5) is 14.4 Å². The molecule has 33 heavy (non-hydrogen) atoms. The number of carbonyl (C=O) groups excluding carboxylic acids is 4. The summed E-state index contributed by atoms with van der Waals surface area (Å²) >= 11 is 0. The zero-order valence-corrected chi connectivity index (χ0v) is 18.5. The van der Waals surface area contributed by atoms with Gasteiger partial charge in [0.2, 0.25) is 5.91 Å². The molecule has 1 aromatic carbocycles. The van der Waals surface area contributed by atoms with E-state index in [-0.39, 0.29) is 19.6 Å². The number of ether oxygens (including phenoxy) is 2. The molecular formula is C21H29N3O9. The first kappa shape index (κ1) is 27.4. The highest BCUT2D eigenvalue weighted by atomic mass is 16.6. The Balaban J connectivity index is 0.00000125. The van der Waals surface area contributed by atoms with Gasteiger partial charge in [0.1, 0.15) is 6.10 Å². The molecule has 2 atom stereocenters. The largest absolute Gasteiger partial charge is 0.503 e. The summed E-state index contributed by atoms with van der Waals surface area (Å²) in [5.74, 6) is -1.35. The number of primary amides is 1. The molecular weight excluding hydrogens is 438 g/mol. The monoisotopic (exact) mass is 467 g/mol. The van der Waals surface area contributed by atoms with Crippen molar-refractivity contribution in [3.63, 3.8) is 0 Å². The van der Waals surface area contributed by atoms with Gasteiger partial charge >= 0.3 is 18.3 Å². The van der Waals surface area contributed by atoms with Crippen molar-refractivity contribution in [2.45, 2.75) is 44.6 Å². The van der Waals surface area contributed by atoms with Crippen LogP contribution >= 0.6 is 0 Å². The van der Waals surface area contributed by atoms with Crippen LogP contribution in [0.1, 0.15) is 38.7 Å². The molecule has 0 aliphatic carbocycles. The molecule has 0 radical (unpaired) electrons. The van der Waals surface area contributed by atoms with E-state index in [4.69, 9.17) is 30.2 Å². The number of hydrogen-bond acceptors (Lipinski definition) is 7. The summed E-state index contributed by atoms with van der Waals surface area (Å²) in [6.07, 6.45) is -1.93. The van der Waals surface area contributed by atoms with Crippen molar-refractivity contribution in [2.75, 3.05) is 19.8 Å². The Kier molecular flexibility index (Phi) is 10.8. The second-order valence-electron chi connectivity index (χ2n) is 7.07. The maximum atomic E-state index is 13.3. The fourth-order valence-electron chi connectivity index (χ4n) is 3.30. The van der Waals surface area contributed by atoms with E-state index in [0.717, 1.165) is 17.7 Å². The number of barbiturate groups is 1. The number of nitrogens with zero attached hydrogens (tertiary/aromatic N) is 1. The summed E-state index contributed by atoms with van der Waals surface area (Å²) in [4.78, 5) is 59.1. The number of hydrogen-bond donors (Lipinski definition) is 4. The molecule has 0 saturated carbocycles. The van der Waals surface area contributed by atoms with Crippen LogP contribution in [0.2, 0.25) is 0 Å². The van der Waals surface area contributed by atoms with Gasteiger partial charge in [-0.3, -0.25) is 19.8 Å². The van der Waals surface area contributed by atoms with Crippen molar-refractivity contribution < 1.29 is 43.7 Å². The second kappa shape index (κ2) is 13.0. The number of urea groups is 1. The van der Waals surface area contributed by atoms with Gasteiger partial charge in [-0.1, -0.05) is 50.6 Å². The Morgan fingerprint density at radius 3 is 2.27 bits per heavy atom. The Morgan fingerprint density at radius 1 is 1.15 bits per heavy atom. The van der Waals surface area contributed by atoms with E-state index in [1.54, 1.807) is 37.3 Å². The molecule has 1 saturated heterocycles. The Hall–Kier alpha value is -3.67. The standard InChI is InChI=1S/C20H27N3O6.CH2O3/c1-3-5-11-28-13-15(29-18(21)26)12-23-17(25)20(4-2,16(24)22-19(23)27)14-9-7-6-8-10-14;2-1(3)4/h6-10,15H,3-5,11-13H2,1-2H3,(H2,21,26)(H,22,24,27);(H2,2,3,4). The lowest BCUT2D eigenvalue weighted by Gasteiger charge is -2.39. The molecule has 1 heterocycles. The van der Waals surface area contributed by atoms with Gasteiger partial charge in [0.25, 0.3) is 5.91 Å². The third kappa shape index (κ3) is 7.45. The Bertz CT molecular complexity index is 843. The Morgan fingerprint density at radius 2 is 1.76 bits per heavy atom. The van der Waals surface area contributed by atoms with E-state index in [0.29, 0.717) is 12.2 Å². The summed E-state index contributed by atoms with van der Waals surface area (Å²) in [6, 6.07) is 7.67. The molecule has 0 spiro atoms. The van der Waals surface area contributed by atoms with Crippen LogP contribution in [0.25, 0.3) is 0 Å². The highest BCUT2D eigenvalue weighted by Gasteiger charge is 2.54. The zero-order chi connectivity index (χ0) is 25.0. The predicted octanol–water partition coefficient (Wildman–Crippen LogP) is 1.92. The maximum absolute atomic E-state index is 13.3. The van der Waals surface area contributed by atoms with E-state index in [1.165, 1.54) is 0 Å². The average molecular weight is 467 g/mol. The van der Waals surface area contributed by atoms with E-state index >= 15 is 0 Å². The van der Waals surface area contributed by atoms with Crippen LogP contribution in [0, 0.1) is 0 Å². The number of rotatable bonds is 10. The van der Waals surface area contributed by atoms with Crippen molar-refractivity contribution >= 4 is 30.1 Å².